The Morgan fingerprint density at radius 2 is 1.68 bits per heavy atom. The lowest BCUT2D eigenvalue weighted by atomic mass is 9.79. The monoisotopic (exact) mass is 569 g/mol. The van der Waals surface area contributed by atoms with E-state index in [0.717, 1.165) is 11.1 Å². The molecule has 0 spiro atoms. The van der Waals surface area contributed by atoms with Gasteiger partial charge in [-0.15, -0.1) is 0 Å². The van der Waals surface area contributed by atoms with Gasteiger partial charge < -0.3 is 19.5 Å². The van der Waals surface area contributed by atoms with Crippen LogP contribution in [0.15, 0.2) is 71.4 Å². The zero-order chi connectivity index (χ0) is 27.1. The number of hydrogen-bond donors (Lipinski definition) is 1. The molecular weight excluding hydrogens is 549 g/mol. The van der Waals surface area contributed by atoms with Gasteiger partial charge in [0.1, 0.15) is 6.61 Å². The first-order valence-electron chi connectivity index (χ1n) is 11.6. The van der Waals surface area contributed by atoms with E-state index in [4.69, 9.17) is 49.0 Å². The first kappa shape index (κ1) is 26.2. The number of benzene rings is 3. The van der Waals surface area contributed by atoms with Crippen molar-refractivity contribution in [2.75, 3.05) is 14.2 Å². The van der Waals surface area contributed by atoms with Gasteiger partial charge in [0.05, 0.1) is 40.6 Å². The fourth-order valence-electron chi connectivity index (χ4n) is 4.87. The molecule has 2 aliphatic rings. The topological polar surface area (TPSA) is 73.9 Å². The van der Waals surface area contributed by atoms with Crippen molar-refractivity contribution >= 4 is 52.3 Å². The molecule has 1 aliphatic heterocycles. The molecule has 0 unspecified atom stereocenters. The van der Waals surface area contributed by atoms with Crippen molar-refractivity contribution in [2.24, 2.45) is 0 Å². The summed E-state index contributed by atoms with van der Waals surface area (Å²) in [4.78, 5) is 26.6. The van der Waals surface area contributed by atoms with Crippen LogP contribution in [0.25, 0.3) is 5.70 Å². The van der Waals surface area contributed by atoms with Crippen LogP contribution in [0.5, 0.6) is 11.5 Å². The Hall–Kier alpha value is -3.45. The van der Waals surface area contributed by atoms with E-state index in [9.17, 15) is 9.59 Å². The van der Waals surface area contributed by atoms with Crippen molar-refractivity contribution in [1.29, 1.82) is 0 Å². The van der Waals surface area contributed by atoms with Crippen LogP contribution in [0.2, 0.25) is 15.1 Å². The maximum atomic E-state index is 13.6. The van der Waals surface area contributed by atoms with E-state index in [1.54, 1.807) is 43.3 Å². The molecule has 1 N–H and O–H groups in total. The van der Waals surface area contributed by atoms with Gasteiger partial charge in [-0.25, -0.2) is 4.79 Å². The second-order valence-corrected chi connectivity index (χ2v) is 10.0. The quantitative estimate of drug-likeness (QED) is 0.323. The number of dihydropyridines is 1. The number of rotatable bonds is 6. The Morgan fingerprint density at radius 3 is 2.37 bits per heavy atom. The predicted octanol–water partition coefficient (Wildman–Crippen LogP) is 6.98. The average molecular weight is 571 g/mol. The van der Waals surface area contributed by atoms with Crippen LogP contribution >= 0.6 is 34.8 Å². The Morgan fingerprint density at radius 1 is 0.947 bits per heavy atom. The summed E-state index contributed by atoms with van der Waals surface area (Å²) in [7, 11) is 2.80. The average Bonchev–Trinajstić information content (AvgIpc) is 3.19. The van der Waals surface area contributed by atoms with Crippen molar-refractivity contribution in [2.45, 2.75) is 19.4 Å². The highest BCUT2D eigenvalue weighted by Gasteiger charge is 2.43. The van der Waals surface area contributed by atoms with Crippen LogP contribution in [0.1, 0.15) is 39.9 Å². The summed E-state index contributed by atoms with van der Waals surface area (Å²) in [5.41, 5.74) is 4.72. The molecule has 6 nitrogen and oxygen atoms in total. The second kappa shape index (κ2) is 10.4. The molecule has 1 heterocycles. The van der Waals surface area contributed by atoms with Gasteiger partial charge in [0.2, 0.25) is 0 Å². The van der Waals surface area contributed by atoms with Gasteiger partial charge in [0.15, 0.2) is 17.3 Å². The highest BCUT2D eigenvalue weighted by Crippen LogP contribution is 2.49. The van der Waals surface area contributed by atoms with Crippen LogP contribution in [-0.2, 0) is 16.1 Å². The molecular formula is C29H22Cl3NO5. The third kappa shape index (κ3) is 4.43. The lowest BCUT2D eigenvalue weighted by molar-refractivity contribution is -0.136. The van der Waals surface area contributed by atoms with Crippen molar-refractivity contribution < 1.29 is 23.8 Å². The predicted molar refractivity (Wildman–Crippen MR) is 147 cm³/mol. The van der Waals surface area contributed by atoms with E-state index in [1.165, 1.54) is 14.2 Å². The van der Waals surface area contributed by atoms with E-state index in [2.05, 4.69) is 5.32 Å². The van der Waals surface area contributed by atoms with E-state index < -0.39 is 11.9 Å². The van der Waals surface area contributed by atoms with Gasteiger partial charge in [-0.05, 0) is 42.3 Å². The molecule has 5 rings (SSSR count). The maximum Gasteiger partial charge on any atom is 0.336 e. The second-order valence-electron chi connectivity index (χ2n) is 8.82. The number of fused-ring (bicyclic) bond motifs is 2. The summed E-state index contributed by atoms with van der Waals surface area (Å²) in [6.07, 6.45) is 0. The lowest BCUT2D eigenvalue weighted by Crippen LogP contribution is -2.29. The molecule has 194 valence electrons. The molecule has 0 saturated carbocycles. The Labute approximate surface area is 234 Å². The largest absolute Gasteiger partial charge is 0.493 e. The van der Waals surface area contributed by atoms with E-state index in [1.807, 2.05) is 18.2 Å². The molecule has 1 aliphatic carbocycles. The summed E-state index contributed by atoms with van der Waals surface area (Å²) in [6, 6.07) is 15.9. The van der Waals surface area contributed by atoms with Crippen LogP contribution in [0.3, 0.4) is 0 Å². The van der Waals surface area contributed by atoms with E-state index in [-0.39, 0.29) is 17.4 Å². The van der Waals surface area contributed by atoms with Crippen molar-refractivity contribution in [3.05, 3.63) is 109 Å². The van der Waals surface area contributed by atoms with Gasteiger partial charge in [-0.3, -0.25) is 4.79 Å². The van der Waals surface area contributed by atoms with Crippen LogP contribution < -0.4 is 14.8 Å². The number of methoxy groups -OCH3 is 2. The number of ketones is 1. The zero-order valence-electron chi connectivity index (χ0n) is 20.7. The molecule has 0 amide bonds. The Balaban J connectivity index is 1.59. The van der Waals surface area contributed by atoms with Crippen LogP contribution in [0, 0.1) is 0 Å². The molecule has 3 aromatic carbocycles. The van der Waals surface area contributed by atoms with Gasteiger partial charge in [0.25, 0.3) is 0 Å². The lowest BCUT2D eigenvalue weighted by Gasteiger charge is -2.29. The normalized spacial score (nSPS) is 16.2. The molecule has 38 heavy (non-hydrogen) atoms. The molecule has 0 fully saturated rings. The summed E-state index contributed by atoms with van der Waals surface area (Å²) >= 11 is 18.9. The fourth-order valence-corrected chi connectivity index (χ4v) is 5.47. The van der Waals surface area contributed by atoms with Crippen LogP contribution in [0.4, 0.5) is 0 Å². The minimum absolute atomic E-state index is 0.162. The molecule has 0 aromatic heterocycles. The third-order valence-electron chi connectivity index (χ3n) is 6.61. The number of carbonyl (C=O) groups is 2. The molecule has 9 heteroatoms. The highest BCUT2D eigenvalue weighted by molar-refractivity contribution is 6.42. The Bertz CT molecular complexity index is 1560. The molecule has 0 bridgehead atoms. The van der Waals surface area contributed by atoms with Crippen molar-refractivity contribution in [1.82, 2.24) is 5.32 Å². The van der Waals surface area contributed by atoms with Gasteiger partial charge in [-0.1, -0.05) is 65.1 Å². The summed E-state index contributed by atoms with van der Waals surface area (Å²) in [6.45, 7) is 1.94. The van der Waals surface area contributed by atoms with Gasteiger partial charge >= 0.3 is 5.97 Å². The summed E-state index contributed by atoms with van der Waals surface area (Å²) in [5.74, 6) is -0.803. The summed E-state index contributed by atoms with van der Waals surface area (Å²) < 4.78 is 16.7. The number of Topliss-reactive ketones (excluding diaryl/α,β-unsaturated/α-hetero) is 1. The number of esters is 1. The fraction of sp³-hybridized carbons (Fsp3) is 0.172. The molecule has 3 aromatic rings. The number of nitrogens with one attached hydrogen (secondary N) is 1. The number of hydrogen-bond acceptors (Lipinski definition) is 6. The van der Waals surface area contributed by atoms with Crippen molar-refractivity contribution in [3.8, 4) is 11.5 Å². The van der Waals surface area contributed by atoms with E-state index >= 15 is 0 Å². The molecule has 1 atom stereocenters. The van der Waals surface area contributed by atoms with E-state index in [0.29, 0.717) is 55.2 Å². The van der Waals surface area contributed by atoms with Gasteiger partial charge in [-0.2, -0.15) is 0 Å². The van der Waals surface area contributed by atoms with Gasteiger partial charge in [0, 0.05) is 28.3 Å². The SMILES string of the molecule is COC(=O)C1=C(C)NC2=C(C(=O)c3ccccc32)[C@H]1c1cc(Cl)c(OCc2ccc(Cl)c(Cl)c2)c(OC)c1. The minimum Gasteiger partial charge on any atom is -0.493 e. The maximum absolute atomic E-state index is 13.6. The Kier molecular flexibility index (Phi) is 7.14. The minimum atomic E-state index is -0.742. The highest BCUT2D eigenvalue weighted by atomic mass is 35.5. The zero-order valence-corrected chi connectivity index (χ0v) is 22.9. The number of ether oxygens (including phenoxy) is 3. The smallest absolute Gasteiger partial charge is 0.336 e. The van der Waals surface area contributed by atoms with Crippen LogP contribution in [-0.4, -0.2) is 26.0 Å². The van der Waals surface area contributed by atoms with Crippen molar-refractivity contribution in [3.63, 3.8) is 0 Å². The third-order valence-corrected chi connectivity index (χ3v) is 7.63. The summed E-state index contributed by atoms with van der Waals surface area (Å²) in [5, 5.41) is 4.37. The first-order valence-corrected chi connectivity index (χ1v) is 12.8. The number of allylic oxidation sites excluding steroid dienone is 2. The molecule has 0 saturated heterocycles. The standard InChI is InChI=1S/C29H22Cl3NO5/c1-14-23(29(35)37-3)24(25-26(33-14)17-6-4-5-7-18(17)27(25)34)16-11-21(32)28(22(12-16)36-2)38-13-15-8-9-19(30)20(31)10-15/h4-12,24,33H,13H2,1-3H3/t24-/m0/s1. The number of halogens is 3. The first-order chi connectivity index (χ1) is 18.2. The number of carbonyl (C=O) groups excluding carboxylic acids is 2. The molecule has 0 radical (unpaired) electrons.